The predicted molar refractivity (Wildman–Crippen MR) is 120 cm³/mol. The van der Waals surface area contributed by atoms with Crippen LogP contribution in [0.3, 0.4) is 0 Å². The Hall–Kier alpha value is -1.65. The van der Waals surface area contributed by atoms with E-state index < -0.39 is 0 Å². The molecule has 0 bridgehead atoms. The number of nitrogen functional groups attached to an aromatic ring is 1. The summed E-state index contributed by atoms with van der Waals surface area (Å²) >= 11 is 7.63. The SMILES string of the molecule is COCC(N)C1(C)CCN(c2nc(C)c(Sc3ccnc(N)c3Cl)nc2CO)CC1. The van der Waals surface area contributed by atoms with Crippen LogP contribution in [0.5, 0.6) is 0 Å². The van der Waals surface area contributed by atoms with Crippen LogP contribution in [0.2, 0.25) is 5.02 Å². The average molecular weight is 453 g/mol. The Bertz CT molecular complexity index is 892. The Balaban J connectivity index is 1.80. The van der Waals surface area contributed by atoms with Gasteiger partial charge in [0.1, 0.15) is 16.5 Å². The van der Waals surface area contributed by atoms with Gasteiger partial charge in [-0.25, -0.2) is 15.0 Å². The van der Waals surface area contributed by atoms with Crippen molar-refractivity contribution >= 4 is 35.0 Å². The molecule has 5 N–H and O–H groups in total. The van der Waals surface area contributed by atoms with Gasteiger partial charge in [0.05, 0.1) is 23.9 Å². The summed E-state index contributed by atoms with van der Waals surface area (Å²) in [5.74, 6) is 0.997. The Morgan fingerprint density at radius 1 is 1.37 bits per heavy atom. The molecule has 0 aliphatic carbocycles. The van der Waals surface area contributed by atoms with E-state index in [2.05, 4.69) is 21.8 Å². The van der Waals surface area contributed by atoms with Gasteiger partial charge in [0.15, 0.2) is 5.82 Å². The Morgan fingerprint density at radius 2 is 2.07 bits per heavy atom. The van der Waals surface area contributed by atoms with Gasteiger partial charge >= 0.3 is 0 Å². The van der Waals surface area contributed by atoms with Crippen molar-refractivity contribution in [3.05, 3.63) is 28.7 Å². The third-order valence-corrected chi connectivity index (χ3v) is 7.41. The Kier molecular flexibility index (Phi) is 7.41. The molecule has 3 heterocycles. The van der Waals surface area contributed by atoms with E-state index in [0.29, 0.717) is 22.3 Å². The lowest BCUT2D eigenvalue weighted by Gasteiger charge is -2.43. The van der Waals surface area contributed by atoms with Crippen molar-refractivity contribution in [3.63, 3.8) is 0 Å². The van der Waals surface area contributed by atoms with E-state index in [1.165, 1.54) is 11.8 Å². The number of aromatic nitrogens is 3. The van der Waals surface area contributed by atoms with Crippen molar-refractivity contribution in [1.82, 2.24) is 15.0 Å². The molecule has 0 amide bonds. The second kappa shape index (κ2) is 9.65. The fourth-order valence-electron chi connectivity index (χ4n) is 3.59. The van der Waals surface area contributed by atoms with Crippen LogP contribution in [0, 0.1) is 12.3 Å². The monoisotopic (exact) mass is 452 g/mol. The first-order valence-electron chi connectivity index (χ1n) is 9.84. The average Bonchev–Trinajstić information content (AvgIpc) is 2.73. The molecule has 0 saturated carbocycles. The molecule has 30 heavy (non-hydrogen) atoms. The maximum Gasteiger partial charge on any atom is 0.153 e. The molecule has 0 aromatic carbocycles. The van der Waals surface area contributed by atoms with Crippen LogP contribution in [0.1, 0.15) is 31.2 Å². The summed E-state index contributed by atoms with van der Waals surface area (Å²) in [5.41, 5.74) is 13.5. The lowest BCUT2D eigenvalue weighted by molar-refractivity contribution is 0.0991. The topological polar surface area (TPSA) is 123 Å². The van der Waals surface area contributed by atoms with Gasteiger partial charge in [-0.05, 0) is 31.2 Å². The number of rotatable bonds is 7. The van der Waals surface area contributed by atoms with E-state index in [1.54, 1.807) is 19.4 Å². The highest BCUT2D eigenvalue weighted by molar-refractivity contribution is 7.99. The van der Waals surface area contributed by atoms with Gasteiger partial charge in [0, 0.05) is 37.3 Å². The molecule has 8 nitrogen and oxygen atoms in total. The molecule has 1 atom stereocenters. The van der Waals surface area contributed by atoms with Gasteiger partial charge in [-0.1, -0.05) is 30.3 Å². The largest absolute Gasteiger partial charge is 0.390 e. The molecule has 1 unspecified atom stereocenters. The molecule has 0 spiro atoms. The number of aliphatic hydroxyl groups excluding tert-OH is 1. The summed E-state index contributed by atoms with van der Waals surface area (Å²) in [6.07, 6.45) is 3.45. The number of nitrogens with zero attached hydrogens (tertiary/aromatic N) is 4. The maximum atomic E-state index is 9.96. The van der Waals surface area contributed by atoms with Crippen LogP contribution in [0.15, 0.2) is 22.2 Å². The molecular weight excluding hydrogens is 424 g/mol. The molecule has 1 aliphatic heterocycles. The van der Waals surface area contributed by atoms with E-state index >= 15 is 0 Å². The summed E-state index contributed by atoms with van der Waals surface area (Å²) in [7, 11) is 1.68. The number of hydrogen-bond donors (Lipinski definition) is 3. The number of anilines is 2. The second-order valence-electron chi connectivity index (χ2n) is 7.86. The number of piperidine rings is 1. The zero-order valence-corrected chi connectivity index (χ0v) is 19.1. The van der Waals surface area contributed by atoms with Gasteiger partial charge in [-0.15, -0.1) is 0 Å². The first kappa shape index (κ1) is 23.0. The minimum Gasteiger partial charge on any atom is -0.390 e. The van der Waals surface area contributed by atoms with Gasteiger partial charge in [0.2, 0.25) is 0 Å². The number of aliphatic hydroxyl groups is 1. The van der Waals surface area contributed by atoms with Gasteiger partial charge < -0.3 is 26.2 Å². The number of hydrogen-bond acceptors (Lipinski definition) is 9. The fourth-order valence-corrected chi connectivity index (χ4v) is 4.69. The van der Waals surface area contributed by atoms with Crippen LogP contribution in [0.4, 0.5) is 11.6 Å². The van der Waals surface area contributed by atoms with Crippen molar-refractivity contribution in [3.8, 4) is 0 Å². The first-order valence-corrected chi connectivity index (χ1v) is 11.0. The molecule has 0 radical (unpaired) electrons. The number of pyridine rings is 1. The summed E-state index contributed by atoms with van der Waals surface area (Å²) in [4.78, 5) is 16.4. The van der Waals surface area contributed by atoms with Crippen molar-refractivity contribution in [2.24, 2.45) is 11.1 Å². The van der Waals surface area contributed by atoms with Crippen molar-refractivity contribution in [2.75, 3.05) is 37.4 Å². The molecule has 3 rings (SSSR count). The third-order valence-electron chi connectivity index (χ3n) is 5.76. The van der Waals surface area contributed by atoms with Crippen molar-refractivity contribution < 1.29 is 9.84 Å². The van der Waals surface area contributed by atoms with E-state index in [4.69, 9.17) is 32.8 Å². The molecule has 164 valence electrons. The minimum atomic E-state index is -0.195. The number of halogens is 1. The number of aryl methyl sites for hydroxylation is 1. The maximum absolute atomic E-state index is 9.96. The number of ether oxygens (including phenoxy) is 1. The van der Waals surface area contributed by atoms with Crippen molar-refractivity contribution in [1.29, 1.82) is 0 Å². The second-order valence-corrected chi connectivity index (χ2v) is 9.26. The standard InChI is InChI=1S/C20H29ClN6O2S/c1-12-19(30-14-4-7-24-17(23)16(14)21)26-13(10-28)18(25-12)27-8-5-20(2,6-9-27)15(22)11-29-3/h4,7,15,28H,5-6,8-11,22H2,1-3H3,(H2,23,24). The minimum absolute atomic E-state index is 0.00824. The molecule has 2 aromatic rings. The van der Waals surface area contributed by atoms with Crippen LogP contribution >= 0.6 is 23.4 Å². The number of nitrogens with two attached hydrogens (primary N) is 2. The summed E-state index contributed by atoms with van der Waals surface area (Å²) < 4.78 is 5.25. The predicted octanol–water partition coefficient (Wildman–Crippen LogP) is 2.64. The summed E-state index contributed by atoms with van der Waals surface area (Å²) in [6, 6.07) is 1.78. The third kappa shape index (κ3) is 4.81. The van der Waals surface area contributed by atoms with E-state index in [-0.39, 0.29) is 23.9 Å². The molecule has 2 aromatic heterocycles. The van der Waals surface area contributed by atoms with Gasteiger partial charge in [0.25, 0.3) is 0 Å². The molecule has 1 saturated heterocycles. The zero-order valence-electron chi connectivity index (χ0n) is 17.6. The highest BCUT2D eigenvalue weighted by atomic mass is 35.5. The first-order chi connectivity index (χ1) is 14.3. The smallest absolute Gasteiger partial charge is 0.153 e. The van der Waals surface area contributed by atoms with Crippen LogP contribution in [0.25, 0.3) is 0 Å². The molecule has 1 aliphatic rings. The van der Waals surface area contributed by atoms with E-state index in [9.17, 15) is 5.11 Å². The lowest BCUT2D eigenvalue weighted by atomic mass is 9.74. The zero-order chi connectivity index (χ0) is 21.9. The Labute approximate surface area is 186 Å². The van der Waals surface area contributed by atoms with E-state index in [1.807, 2.05) is 6.92 Å². The summed E-state index contributed by atoms with van der Waals surface area (Å²) in [5, 5.41) is 11.0. The van der Waals surface area contributed by atoms with Crippen LogP contribution in [-0.2, 0) is 11.3 Å². The highest BCUT2D eigenvalue weighted by Crippen LogP contribution is 2.38. The lowest BCUT2D eigenvalue weighted by Crippen LogP contribution is -2.50. The molecule has 1 fully saturated rings. The molecule has 10 heteroatoms. The number of methoxy groups -OCH3 is 1. The quantitative estimate of drug-likeness (QED) is 0.581. The van der Waals surface area contributed by atoms with Crippen LogP contribution in [-0.4, -0.2) is 52.9 Å². The van der Waals surface area contributed by atoms with Crippen LogP contribution < -0.4 is 16.4 Å². The molecular formula is C20H29ClN6O2S. The summed E-state index contributed by atoms with van der Waals surface area (Å²) in [6.45, 7) is 6.07. The normalized spacial score (nSPS) is 17.2. The van der Waals surface area contributed by atoms with E-state index in [0.717, 1.165) is 42.3 Å². The van der Waals surface area contributed by atoms with Gasteiger partial charge in [-0.3, -0.25) is 0 Å². The highest BCUT2D eigenvalue weighted by Gasteiger charge is 2.36. The fraction of sp³-hybridized carbons (Fsp3) is 0.550. The van der Waals surface area contributed by atoms with Crippen molar-refractivity contribution in [2.45, 2.75) is 49.3 Å². The van der Waals surface area contributed by atoms with Gasteiger partial charge in [-0.2, -0.15) is 0 Å². The Morgan fingerprint density at radius 3 is 2.70 bits per heavy atom.